The van der Waals surface area contributed by atoms with E-state index >= 15 is 0 Å². The lowest BCUT2D eigenvalue weighted by atomic mass is 9.79. The number of nitrogens with zero attached hydrogens (tertiary/aromatic N) is 2. The molecule has 0 saturated carbocycles. The molecule has 10 heteroatoms. The number of sulfonamides is 1. The number of amides is 1. The normalized spacial score (nSPS) is 22.7. The summed E-state index contributed by atoms with van der Waals surface area (Å²) in [5.41, 5.74) is 1.04. The van der Waals surface area contributed by atoms with Crippen molar-refractivity contribution in [1.29, 1.82) is 0 Å². The van der Waals surface area contributed by atoms with Gasteiger partial charge < -0.3 is 15.5 Å². The molecule has 1 unspecified atom stereocenters. The molecule has 8 nitrogen and oxygen atoms in total. The van der Waals surface area contributed by atoms with Gasteiger partial charge in [0, 0.05) is 45.1 Å². The first-order valence-corrected chi connectivity index (χ1v) is 10.7. The number of hydrogen-bond acceptors (Lipinski definition) is 4. The van der Waals surface area contributed by atoms with Gasteiger partial charge in [0.05, 0.1) is 4.90 Å². The van der Waals surface area contributed by atoms with Crippen LogP contribution >= 0.6 is 24.0 Å². The molecule has 0 aromatic heterocycles. The molecule has 1 aromatic carbocycles. The highest BCUT2D eigenvalue weighted by atomic mass is 127. The topological polar surface area (TPSA) is 117 Å². The molecule has 1 amide bonds. The third kappa shape index (κ3) is 5.57. The minimum Gasteiger partial charge on any atom is -0.356 e. The Bertz CT molecular complexity index is 828. The molecule has 1 aromatic rings. The largest absolute Gasteiger partial charge is 0.356 e. The van der Waals surface area contributed by atoms with Crippen molar-refractivity contribution in [2.75, 3.05) is 33.2 Å². The van der Waals surface area contributed by atoms with Crippen LogP contribution in [0.3, 0.4) is 0 Å². The van der Waals surface area contributed by atoms with Gasteiger partial charge in [-0.25, -0.2) is 13.6 Å². The molecule has 156 valence electrons. The molecule has 0 bridgehead atoms. The first-order valence-electron chi connectivity index (χ1n) is 9.15. The van der Waals surface area contributed by atoms with Crippen LogP contribution in [0.2, 0.25) is 0 Å². The number of aliphatic imine (C=N–C) groups is 1. The van der Waals surface area contributed by atoms with E-state index in [2.05, 4.69) is 20.5 Å². The highest BCUT2D eigenvalue weighted by Crippen LogP contribution is 2.35. The molecular formula is C18H28IN5O3S. The van der Waals surface area contributed by atoms with Gasteiger partial charge in [-0.15, -0.1) is 24.0 Å². The van der Waals surface area contributed by atoms with Crippen LogP contribution in [0.15, 0.2) is 34.2 Å². The van der Waals surface area contributed by atoms with Crippen LogP contribution in [-0.4, -0.2) is 58.4 Å². The molecule has 2 aliphatic heterocycles. The fourth-order valence-corrected chi connectivity index (χ4v) is 4.44. The third-order valence-electron chi connectivity index (χ3n) is 5.32. The molecule has 1 atom stereocenters. The number of nitrogens with one attached hydrogen (secondary N) is 2. The van der Waals surface area contributed by atoms with Gasteiger partial charge in [0.15, 0.2) is 5.96 Å². The van der Waals surface area contributed by atoms with E-state index in [-0.39, 0.29) is 40.2 Å². The SMILES string of the molecule is CN=C(NCCc1ccc(S(N)(=O)=O)cc1)N1CCCC2(CNC(=O)C2)C1.I. The van der Waals surface area contributed by atoms with Gasteiger partial charge >= 0.3 is 0 Å². The van der Waals surface area contributed by atoms with Crippen LogP contribution in [0.1, 0.15) is 24.8 Å². The summed E-state index contributed by atoms with van der Waals surface area (Å²) in [5.74, 6) is 0.984. The zero-order chi connectivity index (χ0) is 19.5. The first-order chi connectivity index (χ1) is 12.8. The van der Waals surface area contributed by atoms with E-state index in [4.69, 9.17) is 5.14 Å². The van der Waals surface area contributed by atoms with Gasteiger partial charge in [-0.3, -0.25) is 9.79 Å². The molecule has 3 rings (SSSR count). The average Bonchev–Trinajstić information content (AvgIpc) is 2.98. The van der Waals surface area contributed by atoms with Crippen molar-refractivity contribution >= 4 is 45.9 Å². The number of halogens is 1. The van der Waals surface area contributed by atoms with E-state index in [1.165, 1.54) is 12.1 Å². The molecule has 1 spiro atoms. The monoisotopic (exact) mass is 521 g/mol. The zero-order valence-electron chi connectivity index (χ0n) is 16.0. The van der Waals surface area contributed by atoms with E-state index in [1.807, 2.05) is 0 Å². The minimum atomic E-state index is -3.66. The summed E-state index contributed by atoms with van der Waals surface area (Å²) in [6, 6.07) is 6.60. The van der Waals surface area contributed by atoms with Crippen molar-refractivity contribution in [2.24, 2.45) is 15.5 Å². The Labute approximate surface area is 183 Å². The standard InChI is InChI=1S/C18H27N5O3S.HI/c1-20-17(23-10-2-8-18(13-23)11-16(24)22-12-18)21-9-7-14-3-5-15(6-4-14)27(19,25)26;/h3-6H,2,7-13H2,1H3,(H,20,21)(H,22,24)(H2,19,25,26);1H. The summed E-state index contributed by atoms with van der Waals surface area (Å²) >= 11 is 0. The number of piperidine rings is 1. The Morgan fingerprint density at radius 2 is 2.07 bits per heavy atom. The van der Waals surface area contributed by atoms with Crippen LogP contribution < -0.4 is 15.8 Å². The quantitative estimate of drug-likeness (QED) is 0.306. The number of rotatable bonds is 4. The molecule has 2 heterocycles. The fourth-order valence-electron chi connectivity index (χ4n) is 3.93. The van der Waals surface area contributed by atoms with Gasteiger partial charge in [0.25, 0.3) is 0 Å². The van der Waals surface area contributed by atoms with Crippen LogP contribution in [0.4, 0.5) is 0 Å². The number of guanidine groups is 1. The van der Waals surface area contributed by atoms with Crippen molar-refractivity contribution in [3.8, 4) is 0 Å². The number of carbonyl (C=O) groups excluding carboxylic acids is 1. The maximum Gasteiger partial charge on any atom is 0.238 e. The van der Waals surface area contributed by atoms with Gasteiger partial charge in [0.2, 0.25) is 15.9 Å². The smallest absolute Gasteiger partial charge is 0.238 e. The number of carbonyl (C=O) groups is 1. The lowest BCUT2D eigenvalue weighted by Crippen LogP contribution is -2.51. The number of likely N-dealkylation sites (tertiary alicyclic amines) is 1. The van der Waals surface area contributed by atoms with Gasteiger partial charge in [-0.2, -0.15) is 0 Å². The Kier molecular flexibility index (Phi) is 7.68. The van der Waals surface area contributed by atoms with Crippen molar-refractivity contribution in [3.63, 3.8) is 0 Å². The van der Waals surface area contributed by atoms with Crippen LogP contribution in [-0.2, 0) is 21.2 Å². The van der Waals surface area contributed by atoms with Crippen LogP contribution in [0.25, 0.3) is 0 Å². The predicted molar refractivity (Wildman–Crippen MR) is 119 cm³/mol. The van der Waals surface area contributed by atoms with E-state index < -0.39 is 10.0 Å². The molecule has 28 heavy (non-hydrogen) atoms. The third-order valence-corrected chi connectivity index (χ3v) is 6.25. The van der Waals surface area contributed by atoms with E-state index in [1.54, 1.807) is 19.2 Å². The van der Waals surface area contributed by atoms with E-state index in [9.17, 15) is 13.2 Å². The van der Waals surface area contributed by atoms with Crippen LogP contribution in [0.5, 0.6) is 0 Å². The second-order valence-electron chi connectivity index (χ2n) is 7.39. The molecule has 4 N–H and O–H groups in total. The van der Waals surface area contributed by atoms with Crippen molar-refractivity contribution in [3.05, 3.63) is 29.8 Å². The first kappa shape index (κ1) is 22.9. The highest BCUT2D eigenvalue weighted by Gasteiger charge is 2.42. The van der Waals surface area contributed by atoms with Gasteiger partial charge in [-0.1, -0.05) is 12.1 Å². The molecule has 2 saturated heterocycles. The Balaban J connectivity index is 0.00000280. The van der Waals surface area contributed by atoms with Gasteiger partial charge in [0.1, 0.15) is 0 Å². The highest BCUT2D eigenvalue weighted by molar-refractivity contribution is 14.0. The maximum atomic E-state index is 11.7. The van der Waals surface area contributed by atoms with E-state index in [0.29, 0.717) is 13.0 Å². The second-order valence-corrected chi connectivity index (χ2v) is 8.95. The summed E-state index contributed by atoms with van der Waals surface area (Å²) in [6.07, 6.45) is 3.44. The zero-order valence-corrected chi connectivity index (χ0v) is 19.1. The van der Waals surface area contributed by atoms with Crippen molar-refractivity contribution in [2.45, 2.75) is 30.6 Å². The van der Waals surface area contributed by atoms with Crippen molar-refractivity contribution in [1.82, 2.24) is 15.5 Å². The summed E-state index contributed by atoms with van der Waals surface area (Å²) in [5, 5.41) is 11.5. The molecular weight excluding hydrogens is 493 g/mol. The Hall–Kier alpha value is -1.40. The maximum absolute atomic E-state index is 11.7. The number of benzene rings is 1. The number of hydrogen-bond donors (Lipinski definition) is 3. The minimum absolute atomic E-state index is 0. The summed E-state index contributed by atoms with van der Waals surface area (Å²) < 4.78 is 22.6. The molecule has 2 aliphatic rings. The van der Waals surface area contributed by atoms with Crippen molar-refractivity contribution < 1.29 is 13.2 Å². The van der Waals surface area contributed by atoms with Gasteiger partial charge in [-0.05, 0) is 37.0 Å². The number of primary sulfonamides is 1. The Morgan fingerprint density at radius 3 is 2.64 bits per heavy atom. The fraction of sp³-hybridized carbons (Fsp3) is 0.556. The number of nitrogens with two attached hydrogens (primary N) is 1. The summed E-state index contributed by atoms with van der Waals surface area (Å²) in [6.45, 7) is 3.19. The molecule has 0 aliphatic carbocycles. The Morgan fingerprint density at radius 1 is 1.36 bits per heavy atom. The van der Waals surface area contributed by atoms with Crippen LogP contribution in [0, 0.1) is 5.41 Å². The molecule has 2 fully saturated rings. The average molecular weight is 521 g/mol. The summed E-state index contributed by atoms with van der Waals surface area (Å²) in [7, 11) is -1.89. The predicted octanol–water partition coefficient (Wildman–Crippen LogP) is 0.672. The second kappa shape index (κ2) is 9.40. The molecule has 0 radical (unpaired) electrons. The summed E-state index contributed by atoms with van der Waals surface area (Å²) in [4.78, 5) is 18.4. The van der Waals surface area contributed by atoms with E-state index in [0.717, 1.165) is 50.4 Å². The lowest BCUT2D eigenvalue weighted by molar-refractivity contribution is -0.119. The lowest BCUT2D eigenvalue weighted by Gasteiger charge is -2.40.